The van der Waals surface area contributed by atoms with Crippen LogP contribution in [0.15, 0.2) is 128 Å². The third kappa shape index (κ3) is 16.5. The molecule has 118 heavy (non-hydrogen) atoms. The molecule has 28 nitrogen and oxygen atoms in total. The average molecular weight is 1610 g/mol. The van der Waals surface area contributed by atoms with Crippen LogP contribution in [0.1, 0.15) is 157 Å². The summed E-state index contributed by atoms with van der Waals surface area (Å²) in [4.78, 5) is 108. The second-order valence-electron chi connectivity index (χ2n) is 33.8. The molecule has 33 heteroatoms. The molecule has 3 unspecified atom stereocenters. The average Bonchev–Trinajstić information content (AvgIpc) is 1.51. The van der Waals surface area contributed by atoms with Crippen molar-refractivity contribution in [3.05, 3.63) is 174 Å². The van der Waals surface area contributed by atoms with Crippen molar-refractivity contribution < 1.29 is 31.5 Å². The van der Waals surface area contributed by atoms with Gasteiger partial charge in [-0.3, -0.25) is 14.5 Å². The van der Waals surface area contributed by atoms with Crippen molar-refractivity contribution in [1.29, 1.82) is 0 Å². The number of fused-ring (bicyclic) bond motifs is 3. The van der Waals surface area contributed by atoms with E-state index in [-0.39, 0.29) is 64.8 Å². The van der Waals surface area contributed by atoms with Gasteiger partial charge in [-0.25, -0.2) is 74.8 Å². The first-order valence-electron chi connectivity index (χ1n) is 40.9. The van der Waals surface area contributed by atoms with Crippen molar-refractivity contribution in [2.75, 3.05) is 96.5 Å². The fraction of sp³-hybridized carbons (Fsp3) is 0.459. The molecule has 0 spiro atoms. The number of alkyl halides is 5. The van der Waals surface area contributed by atoms with E-state index < -0.39 is 24.3 Å². The fourth-order valence-corrected chi connectivity index (χ4v) is 20.0. The van der Waals surface area contributed by atoms with Gasteiger partial charge in [0.15, 0.2) is 0 Å². The van der Waals surface area contributed by atoms with Crippen molar-refractivity contribution in [3.8, 4) is 45.0 Å². The predicted octanol–water partition coefficient (Wildman–Crippen LogP) is 11.6. The molecule has 0 radical (unpaired) electrons. The van der Waals surface area contributed by atoms with Gasteiger partial charge in [0.2, 0.25) is 35.7 Å². The Bertz CT molecular complexity index is 5300. The molecule has 9 saturated heterocycles. The zero-order valence-corrected chi connectivity index (χ0v) is 65.8. The molecule has 5 aliphatic carbocycles. The van der Waals surface area contributed by atoms with Crippen LogP contribution in [-0.4, -0.2) is 196 Å². The maximum atomic E-state index is 14.2. The lowest BCUT2D eigenvalue weighted by Crippen LogP contribution is -2.58. The van der Waals surface area contributed by atoms with Crippen LogP contribution in [0.4, 0.5) is 63.5 Å². The van der Waals surface area contributed by atoms with E-state index >= 15 is 0 Å². The van der Waals surface area contributed by atoms with Crippen LogP contribution in [-0.2, 0) is 5.92 Å². The number of carbonyl (C=O) groups is 2. The zero-order chi connectivity index (χ0) is 81.4. The van der Waals surface area contributed by atoms with Crippen LogP contribution in [0.5, 0.6) is 0 Å². The van der Waals surface area contributed by atoms with E-state index in [1.807, 2.05) is 72.5 Å². The number of nitrogen functional groups attached to an aromatic ring is 4. The van der Waals surface area contributed by atoms with Crippen LogP contribution in [0.25, 0.3) is 45.0 Å². The van der Waals surface area contributed by atoms with Crippen LogP contribution in [0, 0.1) is 49.4 Å². The number of benzene rings is 2. The Morgan fingerprint density at radius 2 is 0.881 bits per heavy atom. The third-order valence-electron chi connectivity index (χ3n) is 25.5. The van der Waals surface area contributed by atoms with Crippen molar-refractivity contribution >= 4 is 53.3 Å². The highest BCUT2D eigenvalue weighted by molar-refractivity contribution is 5.95. The summed E-state index contributed by atoms with van der Waals surface area (Å²) in [7, 11) is 0. The molecule has 8 aromatic heterocycles. The Kier molecular flexibility index (Phi) is 20.7. The van der Waals surface area contributed by atoms with E-state index in [2.05, 4.69) is 80.6 Å². The van der Waals surface area contributed by atoms with E-state index in [4.69, 9.17) is 42.9 Å². The Hall–Kier alpha value is -11.8. The Morgan fingerprint density at radius 1 is 0.441 bits per heavy atom. The van der Waals surface area contributed by atoms with Gasteiger partial charge in [0, 0.05) is 195 Å². The molecule has 17 heterocycles. The summed E-state index contributed by atoms with van der Waals surface area (Å²) < 4.78 is 66.4. The molecule has 5 atom stereocenters. The summed E-state index contributed by atoms with van der Waals surface area (Å²) >= 11 is 0. The summed E-state index contributed by atoms with van der Waals surface area (Å²) in [6.45, 7) is 9.06. The molecule has 24 rings (SSSR count). The van der Waals surface area contributed by atoms with Gasteiger partial charge in [-0.1, -0.05) is 36.4 Å². The van der Waals surface area contributed by atoms with E-state index in [9.17, 15) is 31.5 Å². The number of aryl methyl sites for hydroxylation is 2. The quantitative estimate of drug-likeness (QED) is 0.0735. The number of piperidine rings is 4. The highest BCUT2D eigenvalue weighted by Gasteiger charge is 2.59. The lowest BCUT2D eigenvalue weighted by molar-refractivity contribution is -0.144. The monoisotopic (exact) mass is 1600 g/mol. The van der Waals surface area contributed by atoms with Crippen molar-refractivity contribution in [3.63, 3.8) is 0 Å². The Morgan fingerprint density at radius 3 is 1.37 bits per heavy atom. The van der Waals surface area contributed by atoms with Gasteiger partial charge in [-0.2, -0.15) is 26.9 Å². The molecule has 2 amide bonds. The van der Waals surface area contributed by atoms with Gasteiger partial charge in [0.05, 0.1) is 35.0 Å². The second kappa shape index (κ2) is 31.6. The molecule has 9 aliphatic heterocycles. The molecule has 8 N–H and O–H groups in total. The summed E-state index contributed by atoms with van der Waals surface area (Å²) in [6, 6.07) is 28.7. The minimum atomic E-state index is -4.15. The summed E-state index contributed by atoms with van der Waals surface area (Å²) in [6.07, 6.45) is 21.8. The first-order valence-corrected chi connectivity index (χ1v) is 40.9. The van der Waals surface area contributed by atoms with Gasteiger partial charge in [-0.05, 0) is 169 Å². The number of carbonyl (C=O) groups excluding carboxylic acids is 2. The topological polar surface area (TPSA) is 364 Å². The number of likely N-dealkylation sites (tertiary alicyclic amines) is 3. The molecule has 5 saturated carbocycles. The van der Waals surface area contributed by atoms with Crippen molar-refractivity contribution in [2.45, 2.75) is 152 Å². The van der Waals surface area contributed by atoms with Crippen LogP contribution < -0.4 is 37.6 Å². The second-order valence-corrected chi connectivity index (χ2v) is 33.8. The number of halogens is 5. The molecule has 10 aromatic rings. The highest BCUT2D eigenvalue weighted by Crippen LogP contribution is 2.59. The van der Waals surface area contributed by atoms with Crippen molar-refractivity contribution in [1.82, 2.24) is 94.4 Å². The number of aromatic nitrogens is 16. The highest BCUT2D eigenvalue weighted by atomic mass is 19.4. The van der Waals surface area contributed by atoms with E-state index in [1.54, 1.807) is 67.2 Å². The van der Waals surface area contributed by atoms with E-state index in [0.717, 1.165) is 138 Å². The number of hydrogen-bond donors (Lipinski definition) is 4. The molecule has 14 fully saturated rings. The van der Waals surface area contributed by atoms with E-state index in [1.165, 1.54) is 68.9 Å². The molecule has 8 bridgehead atoms. The van der Waals surface area contributed by atoms with Crippen molar-refractivity contribution in [2.24, 2.45) is 35.5 Å². The Labute approximate surface area is 678 Å². The number of amides is 2. The third-order valence-corrected chi connectivity index (χ3v) is 25.5. The standard InChI is InChI=1S/C22H22F2N6O.C22H27N7.C21H22N6O.C20H22F3N7/c1-13-27-17(15-8-9-30(12-15)20(31)14-6-4-3-5-7-14)10-18(28-13)16-11-26-21(25)29-19(16)22(2,23)24;23-21-24-9-15(10-25-21)19-8-20(27-22(26-19)28-11-14-6-16(28)7-14)29-17-2-12-1-13(4-17)5-18(29)3-12;1-14-25-18(10-19(26-14)17-11-23-21(22)24-12-17)16-8-5-9-27(13-16)20(28)15-6-3-2-4-7-15;21-20(22,23)9-29-7-13-14(8-29)17(13)16-3-15(11-4-25-18(24)26-5-11)27-19(28-16)30-6-10-1-12(30)2-10/h3-7,10-11,15H,8-9,12H2,1-2H3,(H2,25,26,29);8-10,12-14,16-18H,1-7,11H2,(H2,23,24,25);2-4,6-7,10-12,16H,5,8-9,13H2,1H3,(H2,22,23,24);3-5,10,12-14,17H,1-2,6-9H2,(H2,24,25,26)/t;;;10?,12?,13-,14+,17?. The number of anilines is 7. The summed E-state index contributed by atoms with van der Waals surface area (Å²) in [5.41, 5.74) is 31.3. The lowest BCUT2D eigenvalue weighted by Gasteiger charge is -2.57. The fourth-order valence-electron chi connectivity index (χ4n) is 20.0. The van der Waals surface area contributed by atoms with Gasteiger partial charge in [-0.15, -0.1) is 0 Å². The normalized spacial score (nSPS) is 25.5. The molecular formula is C85H93F5N26O2. The lowest BCUT2D eigenvalue weighted by atomic mass is 9.63. The largest absolute Gasteiger partial charge is 0.401 e. The smallest absolute Gasteiger partial charge is 0.368 e. The molecular weight excluding hydrogens is 1510 g/mol. The molecule has 610 valence electrons. The van der Waals surface area contributed by atoms with Crippen LogP contribution in [0.3, 0.4) is 0 Å². The maximum absolute atomic E-state index is 14.2. The zero-order valence-electron chi connectivity index (χ0n) is 65.8. The number of nitrogens with zero attached hydrogens (tertiary/aromatic N) is 22. The summed E-state index contributed by atoms with van der Waals surface area (Å²) in [5.74, 6) is 5.46. The van der Waals surface area contributed by atoms with Gasteiger partial charge >= 0.3 is 6.18 Å². The first-order chi connectivity index (χ1) is 56.8. The molecule has 2 aromatic carbocycles. The predicted molar refractivity (Wildman–Crippen MR) is 433 cm³/mol. The van der Waals surface area contributed by atoms with Crippen LogP contribution >= 0.6 is 0 Å². The first kappa shape index (κ1) is 77.5. The van der Waals surface area contributed by atoms with E-state index in [0.29, 0.717) is 91.4 Å². The summed E-state index contributed by atoms with van der Waals surface area (Å²) in [5, 5.41) is 0. The SMILES string of the molecule is Cc1nc(-c2cnc(N)nc2)cc(C2CCCN(C(=O)c3ccccc3)C2)n1.Cc1nc(-c2cnc(N)nc2C(C)(F)F)cc(C2CCN(C(=O)c3ccccc3)C2)n1.Nc1ncc(-c2cc(C3[C@H]4CN(CC(F)(F)F)C[C@@H]34)nc(N3CC4CC3C4)n2)cn1.Nc1ncc(-c2cc(N3C4CC5CC(C4)CC3C5)nc(N3CC4CC3C4)n2)cn1. The number of hydrogen-bond acceptors (Lipinski definition) is 26. The minimum Gasteiger partial charge on any atom is -0.368 e. The minimum absolute atomic E-state index is 0.0200. The Balaban J connectivity index is 0.000000108. The van der Waals surface area contributed by atoms with Crippen LogP contribution in [0.2, 0.25) is 0 Å². The van der Waals surface area contributed by atoms with Gasteiger partial charge in [0.1, 0.15) is 23.2 Å². The van der Waals surface area contributed by atoms with Gasteiger partial charge < -0.3 is 47.4 Å². The number of nitrogens with two attached hydrogens (primary N) is 4. The number of rotatable bonds is 14. The maximum Gasteiger partial charge on any atom is 0.401 e. The van der Waals surface area contributed by atoms with Gasteiger partial charge in [0.25, 0.3) is 17.7 Å². The molecule has 14 aliphatic rings.